The van der Waals surface area contributed by atoms with Gasteiger partial charge in [0.1, 0.15) is 12.1 Å². The van der Waals surface area contributed by atoms with Gasteiger partial charge in [0.25, 0.3) is 0 Å². The van der Waals surface area contributed by atoms with Gasteiger partial charge in [-0.1, -0.05) is 18.5 Å². The van der Waals surface area contributed by atoms with E-state index in [2.05, 4.69) is 17.1 Å². The average Bonchev–Trinajstić information content (AvgIpc) is 3.85. The molecule has 0 amide bonds. The Hall–Kier alpha value is -2.97. The van der Waals surface area contributed by atoms with Crippen molar-refractivity contribution in [2.24, 2.45) is 5.92 Å². The Labute approximate surface area is 263 Å². The van der Waals surface area contributed by atoms with Gasteiger partial charge in [-0.15, -0.1) is 0 Å². The lowest BCUT2D eigenvalue weighted by atomic mass is 9.78. The minimum atomic E-state index is -0.190. The Bertz CT molecular complexity index is 1680. The van der Waals surface area contributed by atoms with E-state index in [0.717, 1.165) is 104 Å². The summed E-state index contributed by atoms with van der Waals surface area (Å²) in [5.74, 6) is 2.08. The van der Waals surface area contributed by atoms with Crippen LogP contribution in [0.15, 0.2) is 23.3 Å². The van der Waals surface area contributed by atoms with E-state index in [1.807, 2.05) is 10.6 Å². The summed E-state index contributed by atoms with van der Waals surface area (Å²) in [4.78, 5) is 31.5. The van der Waals surface area contributed by atoms with Crippen LogP contribution in [0.5, 0.6) is 5.75 Å². The van der Waals surface area contributed by atoms with Crippen LogP contribution in [0.4, 0.5) is 5.69 Å². The first-order valence-electron chi connectivity index (χ1n) is 17.0. The van der Waals surface area contributed by atoms with Crippen molar-refractivity contribution in [1.82, 2.24) is 24.8 Å². The molecule has 6 aliphatic rings. The molecule has 230 valence electrons. The summed E-state index contributed by atoms with van der Waals surface area (Å²) in [6, 6.07) is 4.62. The van der Waals surface area contributed by atoms with Crippen LogP contribution in [0.2, 0.25) is 5.02 Å². The van der Waals surface area contributed by atoms with Crippen LogP contribution in [-0.4, -0.2) is 43.3 Å². The average molecular weight is 613 g/mol. The molecule has 5 fully saturated rings. The van der Waals surface area contributed by atoms with Gasteiger partial charge >= 0.3 is 5.69 Å². The number of nitrogens with zero attached hydrogens (tertiary/aromatic N) is 5. The zero-order valence-corrected chi connectivity index (χ0v) is 26.2. The number of halogens is 1. The highest BCUT2D eigenvalue weighted by molar-refractivity contribution is 6.32. The summed E-state index contributed by atoms with van der Waals surface area (Å²) in [7, 11) is 0. The lowest BCUT2D eigenvalue weighted by Crippen LogP contribution is -2.40. The predicted molar refractivity (Wildman–Crippen MR) is 170 cm³/mol. The topological polar surface area (TPSA) is 96.2 Å². The first-order chi connectivity index (χ1) is 21.4. The minimum Gasteiger partial charge on any atom is -0.508 e. The summed E-state index contributed by atoms with van der Waals surface area (Å²) >= 11 is 6.78. The molecule has 0 spiro atoms. The van der Waals surface area contributed by atoms with Gasteiger partial charge in [-0.3, -0.25) is 4.57 Å². The summed E-state index contributed by atoms with van der Waals surface area (Å²) in [5.41, 5.74) is 8.17. The summed E-state index contributed by atoms with van der Waals surface area (Å²) < 4.78 is 1.93. The Morgan fingerprint density at radius 3 is 2.27 bits per heavy atom. The highest BCUT2D eigenvalue weighted by atomic mass is 35.5. The number of phenolic OH excluding ortho intramolecular Hbond substituents is 1. The second-order valence-electron chi connectivity index (χ2n) is 14.6. The summed E-state index contributed by atoms with van der Waals surface area (Å²) in [5, 5.41) is 15.2. The van der Waals surface area contributed by atoms with E-state index >= 15 is 0 Å². The number of hydrogen-bond acceptors (Lipinski definition) is 7. The molecule has 3 saturated carbocycles. The van der Waals surface area contributed by atoms with Crippen LogP contribution < -0.4 is 15.9 Å². The highest BCUT2D eigenvalue weighted by Crippen LogP contribution is 2.51. The van der Waals surface area contributed by atoms with Gasteiger partial charge in [0.2, 0.25) is 0 Å². The van der Waals surface area contributed by atoms with Crippen molar-refractivity contribution in [2.75, 3.05) is 11.4 Å². The minimum absolute atomic E-state index is 0.186. The predicted octanol–water partition coefficient (Wildman–Crippen LogP) is 6.21. The highest BCUT2D eigenvalue weighted by Gasteiger charge is 2.41. The third-order valence-electron chi connectivity index (χ3n) is 11.3. The van der Waals surface area contributed by atoms with Gasteiger partial charge in [-0.25, -0.2) is 14.8 Å². The summed E-state index contributed by atoms with van der Waals surface area (Å²) in [6.45, 7) is 3.72. The number of aromatic nitrogens is 4. The number of nitrogens with one attached hydrogen (secondary N) is 1. The monoisotopic (exact) mass is 612 g/mol. The standard InChI is InChI=1S/C35H41ClN6O2/c1-18-12-22-8-9-23(39-22)13-26(18)33-25-10-11-41(28-15-24(43)14-27(36)30(28)19-2-3-19)16-29(25)42(35(44)40-33)34-31(20-4-5-20)37-17-38-32(34)21-6-7-21/h14-15,17-23,26,39,43H,2-13,16H2,1H3/t18-,22?,23?,26?/m1/s1. The van der Waals surface area contributed by atoms with Gasteiger partial charge in [-0.05, 0) is 99.7 Å². The van der Waals surface area contributed by atoms with Crippen molar-refractivity contribution in [3.8, 4) is 11.4 Å². The van der Waals surface area contributed by atoms with Crippen LogP contribution in [0.3, 0.4) is 0 Å². The van der Waals surface area contributed by atoms with Gasteiger partial charge in [0.05, 0.1) is 35.0 Å². The molecule has 3 aliphatic carbocycles. The van der Waals surface area contributed by atoms with Crippen LogP contribution in [0.25, 0.3) is 5.69 Å². The van der Waals surface area contributed by atoms with Gasteiger partial charge in [-0.2, -0.15) is 4.98 Å². The van der Waals surface area contributed by atoms with Gasteiger partial charge in [0, 0.05) is 53.2 Å². The first-order valence-corrected chi connectivity index (χ1v) is 17.3. The van der Waals surface area contributed by atoms with E-state index in [1.54, 1.807) is 12.4 Å². The van der Waals surface area contributed by atoms with E-state index in [4.69, 9.17) is 26.6 Å². The fourth-order valence-corrected chi connectivity index (χ4v) is 9.05. The molecule has 3 aromatic rings. The third kappa shape index (κ3) is 4.66. The Balaban J connectivity index is 1.24. The zero-order valence-electron chi connectivity index (χ0n) is 25.4. The molecule has 9 rings (SSSR count). The Morgan fingerprint density at radius 2 is 1.59 bits per heavy atom. The number of hydrogen-bond donors (Lipinski definition) is 2. The summed E-state index contributed by atoms with van der Waals surface area (Å²) in [6.07, 6.45) is 13.8. The largest absolute Gasteiger partial charge is 0.508 e. The molecule has 2 bridgehead atoms. The number of fused-ring (bicyclic) bond motifs is 3. The fourth-order valence-electron chi connectivity index (χ4n) is 8.69. The van der Waals surface area contributed by atoms with E-state index < -0.39 is 0 Å². The van der Waals surface area contributed by atoms with E-state index in [1.165, 1.54) is 18.4 Å². The number of anilines is 1. The quantitative estimate of drug-likeness (QED) is 0.342. The molecule has 2 N–H and O–H groups in total. The molecule has 3 aliphatic heterocycles. The number of benzene rings is 1. The molecule has 44 heavy (non-hydrogen) atoms. The maximum atomic E-state index is 14.5. The maximum absolute atomic E-state index is 14.5. The van der Waals surface area contributed by atoms with Crippen molar-refractivity contribution < 1.29 is 5.11 Å². The second kappa shape index (κ2) is 10.3. The number of phenols is 1. The molecule has 9 heteroatoms. The smallest absolute Gasteiger partial charge is 0.352 e. The molecule has 4 atom stereocenters. The number of rotatable bonds is 6. The van der Waals surface area contributed by atoms with Crippen LogP contribution in [0, 0.1) is 5.92 Å². The van der Waals surface area contributed by atoms with Crippen LogP contribution >= 0.6 is 11.6 Å². The maximum Gasteiger partial charge on any atom is 0.352 e. The Kier molecular flexibility index (Phi) is 6.39. The molecule has 2 aromatic heterocycles. The zero-order chi connectivity index (χ0) is 29.7. The lowest BCUT2D eigenvalue weighted by Gasteiger charge is -2.37. The van der Waals surface area contributed by atoms with Gasteiger partial charge < -0.3 is 15.3 Å². The molecule has 0 radical (unpaired) electrons. The molecule has 3 unspecified atom stereocenters. The normalized spacial score (nSPS) is 28.2. The van der Waals surface area contributed by atoms with Crippen LogP contribution in [0.1, 0.15) is 129 Å². The van der Waals surface area contributed by atoms with Crippen molar-refractivity contribution in [3.05, 3.63) is 67.9 Å². The Morgan fingerprint density at radius 1 is 0.909 bits per heavy atom. The SMILES string of the molecule is C[C@@H]1CC2CCC(CC1c1nc(=O)n(-c3c(C4CC4)ncnc3C3CC3)c3c1CCN(c1cc(O)cc(Cl)c1C1CC1)C3)N2. The van der Waals surface area contributed by atoms with Crippen molar-refractivity contribution >= 4 is 17.3 Å². The molecular formula is C35H41ClN6O2. The van der Waals surface area contributed by atoms with E-state index in [-0.39, 0.29) is 17.4 Å². The fraction of sp³-hybridized carbons (Fsp3) is 0.600. The molecule has 2 saturated heterocycles. The molecule has 1 aromatic carbocycles. The molecular weight excluding hydrogens is 572 g/mol. The lowest BCUT2D eigenvalue weighted by molar-refractivity contribution is 0.370. The van der Waals surface area contributed by atoms with E-state index in [9.17, 15) is 9.90 Å². The number of aromatic hydroxyl groups is 1. The van der Waals surface area contributed by atoms with Crippen molar-refractivity contribution in [2.45, 2.75) is 120 Å². The molecule has 8 nitrogen and oxygen atoms in total. The molecule has 5 heterocycles. The van der Waals surface area contributed by atoms with Gasteiger partial charge in [0.15, 0.2) is 0 Å². The van der Waals surface area contributed by atoms with Crippen LogP contribution in [-0.2, 0) is 13.0 Å². The second-order valence-corrected chi connectivity index (χ2v) is 15.0. The van der Waals surface area contributed by atoms with E-state index in [0.29, 0.717) is 47.3 Å². The third-order valence-corrected chi connectivity index (χ3v) is 11.6. The van der Waals surface area contributed by atoms with Crippen molar-refractivity contribution in [1.29, 1.82) is 0 Å². The van der Waals surface area contributed by atoms with Crippen molar-refractivity contribution in [3.63, 3.8) is 0 Å². The first kappa shape index (κ1) is 27.3.